The Balaban J connectivity index is 1.69. The first-order valence-corrected chi connectivity index (χ1v) is 9.62. The van der Waals surface area contributed by atoms with Crippen molar-refractivity contribution in [2.75, 3.05) is 0 Å². The largest absolute Gasteiger partial charge is 0.488 e. The van der Waals surface area contributed by atoms with Gasteiger partial charge in [0.2, 0.25) is 0 Å². The van der Waals surface area contributed by atoms with Gasteiger partial charge in [-0.15, -0.1) is 0 Å². The Labute approximate surface area is 160 Å². The van der Waals surface area contributed by atoms with E-state index in [2.05, 4.69) is 20.8 Å². The maximum absolute atomic E-state index is 11.7. The van der Waals surface area contributed by atoms with Crippen molar-refractivity contribution < 1.29 is 19.0 Å². The van der Waals surface area contributed by atoms with Gasteiger partial charge in [0.05, 0.1) is 17.8 Å². The lowest BCUT2D eigenvalue weighted by Crippen LogP contribution is -2.48. The van der Waals surface area contributed by atoms with Crippen LogP contribution in [0.3, 0.4) is 0 Å². The van der Waals surface area contributed by atoms with Crippen LogP contribution in [0.1, 0.15) is 61.2 Å². The van der Waals surface area contributed by atoms with Crippen LogP contribution in [0.4, 0.5) is 0 Å². The van der Waals surface area contributed by atoms with Crippen LogP contribution in [-0.2, 0) is 11.3 Å². The molecule has 27 heavy (non-hydrogen) atoms. The molecule has 1 fully saturated rings. The minimum absolute atomic E-state index is 0.0349. The lowest BCUT2D eigenvalue weighted by atomic mass is 9.75. The molecule has 0 amide bonds. The molecule has 2 aliphatic rings. The Morgan fingerprint density at radius 1 is 1.19 bits per heavy atom. The fraction of sp³-hybridized carbons (Fsp3) is 0.435. The lowest BCUT2D eigenvalue weighted by molar-refractivity contribution is -0.144. The second-order valence-electron chi connectivity index (χ2n) is 8.08. The maximum Gasteiger partial charge on any atom is 0.153 e. The van der Waals surface area contributed by atoms with Crippen molar-refractivity contribution in [3.05, 3.63) is 59.2 Å². The van der Waals surface area contributed by atoms with Crippen molar-refractivity contribution in [3.8, 4) is 11.5 Å². The van der Waals surface area contributed by atoms with Gasteiger partial charge in [-0.3, -0.25) is 4.79 Å². The standard InChI is InChI=1S/C23H26O4/c1-15-9-10-19-22(26-15)18-12-20(25-14-16-7-5-4-6-8-16)17(13-24)11-21(18)27-23(19,2)3/h4-8,11-13,15,19,22H,9-10,14H2,1-3H3/t15-,19-,22+/m1/s1. The molecule has 0 aliphatic carbocycles. The van der Waals surface area contributed by atoms with Crippen molar-refractivity contribution in [2.24, 2.45) is 5.92 Å². The number of hydrogen-bond acceptors (Lipinski definition) is 4. The molecule has 0 bridgehead atoms. The second-order valence-corrected chi connectivity index (χ2v) is 8.08. The molecule has 4 nitrogen and oxygen atoms in total. The quantitative estimate of drug-likeness (QED) is 0.706. The maximum atomic E-state index is 11.7. The Morgan fingerprint density at radius 2 is 1.96 bits per heavy atom. The highest BCUT2D eigenvalue weighted by molar-refractivity contribution is 5.81. The van der Waals surface area contributed by atoms with E-state index in [9.17, 15) is 4.79 Å². The molecule has 0 unspecified atom stereocenters. The van der Waals surface area contributed by atoms with E-state index in [1.807, 2.05) is 36.4 Å². The topological polar surface area (TPSA) is 44.8 Å². The van der Waals surface area contributed by atoms with Crippen LogP contribution >= 0.6 is 0 Å². The molecule has 4 heteroatoms. The summed E-state index contributed by atoms with van der Waals surface area (Å²) in [6.07, 6.45) is 3.11. The zero-order valence-corrected chi connectivity index (χ0v) is 16.1. The fourth-order valence-corrected chi connectivity index (χ4v) is 4.19. The third-order valence-electron chi connectivity index (χ3n) is 5.71. The Hall–Kier alpha value is -2.33. The summed E-state index contributed by atoms with van der Waals surface area (Å²) in [4.78, 5) is 11.7. The van der Waals surface area contributed by atoms with Crippen molar-refractivity contribution in [3.63, 3.8) is 0 Å². The van der Waals surface area contributed by atoms with Gasteiger partial charge in [0.15, 0.2) is 6.29 Å². The van der Waals surface area contributed by atoms with Crippen LogP contribution < -0.4 is 9.47 Å². The third-order valence-corrected chi connectivity index (χ3v) is 5.71. The summed E-state index contributed by atoms with van der Waals surface area (Å²) in [5.74, 6) is 1.59. The number of carbonyl (C=O) groups is 1. The third kappa shape index (κ3) is 3.46. The monoisotopic (exact) mass is 366 g/mol. The molecule has 1 saturated heterocycles. The van der Waals surface area contributed by atoms with Gasteiger partial charge < -0.3 is 14.2 Å². The summed E-state index contributed by atoms with van der Waals surface area (Å²) < 4.78 is 18.6. The number of hydrogen-bond donors (Lipinski definition) is 0. The van der Waals surface area contributed by atoms with Crippen molar-refractivity contribution in [2.45, 2.75) is 58.0 Å². The van der Waals surface area contributed by atoms with E-state index in [-0.39, 0.29) is 23.7 Å². The molecule has 2 heterocycles. The highest BCUT2D eigenvalue weighted by Crippen LogP contribution is 2.51. The number of fused-ring (bicyclic) bond motifs is 3. The van der Waals surface area contributed by atoms with E-state index in [1.54, 1.807) is 6.07 Å². The fourth-order valence-electron chi connectivity index (χ4n) is 4.19. The Morgan fingerprint density at radius 3 is 2.70 bits per heavy atom. The zero-order chi connectivity index (χ0) is 19.0. The molecular formula is C23H26O4. The van der Waals surface area contributed by atoms with Gasteiger partial charge in [0, 0.05) is 11.5 Å². The van der Waals surface area contributed by atoms with Crippen LogP contribution in [0.2, 0.25) is 0 Å². The van der Waals surface area contributed by atoms with Gasteiger partial charge in [0.25, 0.3) is 0 Å². The summed E-state index contributed by atoms with van der Waals surface area (Å²) in [5, 5.41) is 0. The SMILES string of the molecule is C[C@@H]1CC[C@@H]2[C@@H](O1)c1cc(OCc3ccccc3)c(C=O)cc1OC2(C)C. The predicted molar refractivity (Wildman–Crippen MR) is 103 cm³/mol. The summed E-state index contributed by atoms with van der Waals surface area (Å²) in [6, 6.07) is 13.7. The molecule has 2 aromatic carbocycles. The molecule has 3 atom stereocenters. The first-order chi connectivity index (χ1) is 13.0. The smallest absolute Gasteiger partial charge is 0.153 e. The Kier molecular flexibility index (Phi) is 4.68. The first kappa shape index (κ1) is 18.1. The van der Waals surface area contributed by atoms with Crippen molar-refractivity contribution in [1.29, 1.82) is 0 Å². The van der Waals surface area contributed by atoms with Crippen molar-refractivity contribution in [1.82, 2.24) is 0 Å². The zero-order valence-electron chi connectivity index (χ0n) is 16.1. The number of benzene rings is 2. The minimum atomic E-state index is -0.329. The van der Waals surface area contributed by atoms with Crippen LogP contribution in [0.25, 0.3) is 0 Å². The van der Waals surface area contributed by atoms with Gasteiger partial charge >= 0.3 is 0 Å². The summed E-state index contributed by atoms with van der Waals surface area (Å²) >= 11 is 0. The van der Waals surface area contributed by atoms with Crippen LogP contribution in [0, 0.1) is 5.92 Å². The summed E-state index contributed by atoms with van der Waals surface area (Å²) in [5.41, 5.74) is 2.22. The second kappa shape index (κ2) is 7.01. The molecular weight excluding hydrogens is 340 g/mol. The molecule has 4 rings (SSSR count). The molecule has 0 aromatic heterocycles. The van der Waals surface area contributed by atoms with Gasteiger partial charge in [-0.05, 0) is 51.3 Å². The average Bonchev–Trinajstić information content (AvgIpc) is 2.66. The molecule has 0 N–H and O–H groups in total. The van der Waals surface area contributed by atoms with E-state index >= 15 is 0 Å². The van der Waals surface area contributed by atoms with Gasteiger partial charge in [0.1, 0.15) is 23.7 Å². The van der Waals surface area contributed by atoms with E-state index in [4.69, 9.17) is 14.2 Å². The van der Waals surface area contributed by atoms with Crippen molar-refractivity contribution >= 4 is 6.29 Å². The average molecular weight is 366 g/mol. The normalized spacial score (nSPS) is 25.7. The van der Waals surface area contributed by atoms with E-state index < -0.39 is 0 Å². The molecule has 2 aliphatic heterocycles. The summed E-state index contributed by atoms with van der Waals surface area (Å²) in [6.45, 7) is 6.74. The molecule has 2 aromatic rings. The minimum Gasteiger partial charge on any atom is -0.488 e. The molecule has 0 spiro atoms. The molecule has 0 radical (unpaired) electrons. The lowest BCUT2D eigenvalue weighted by Gasteiger charge is -2.48. The predicted octanol–water partition coefficient (Wildman–Crippen LogP) is 5.11. The van der Waals surface area contributed by atoms with E-state index in [0.29, 0.717) is 17.9 Å². The van der Waals surface area contributed by atoms with Gasteiger partial charge in [-0.2, -0.15) is 0 Å². The number of rotatable bonds is 4. The van der Waals surface area contributed by atoms with Crippen LogP contribution in [0.15, 0.2) is 42.5 Å². The number of ether oxygens (including phenoxy) is 3. The van der Waals surface area contributed by atoms with Gasteiger partial charge in [-0.25, -0.2) is 0 Å². The molecule has 142 valence electrons. The van der Waals surface area contributed by atoms with Gasteiger partial charge in [-0.1, -0.05) is 30.3 Å². The first-order valence-electron chi connectivity index (χ1n) is 9.62. The Bertz CT molecular complexity index is 828. The highest BCUT2D eigenvalue weighted by atomic mass is 16.5. The molecule has 0 saturated carbocycles. The number of carbonyl (C=O) groups excluding carboxylic acids is 1. The number of aldehydes is 1. The van der Waals surface area contributed by atoms with Crippen LogP contribution in [0.5, 0.6) is 11.5 Å². The summed E-state index contributed by atoms with van der Waals surface area (Å²) in [7, 11) is 0. The van der Waals surface area contributed by atoms with E-state index in [1.165, 1.54) is 0 Å². The highest BCUT2D eigenvalue weighted by Gasteiger charge is 2.47. The van der Waals surface area contributed by atoms with E-state index in [0.717, 1.165) is 36.0 Å². The van der Waals surface area contributed by atoms with Crippen LogP contribution in [-0.4, -0.2) is 18.0 Å².